The Balaban J connectivity index is 1.87. The van der Waals surface area contributed by atoms with Crippen molar-refractivity contribution in [3.63, 3.8) is 0 Å². The molecule has 0 aliphatic carbocycles. The number of hydrogen-bond donors (Lipinski definition) is 4. The number of hydrazone groups is 1. The maximum Gasteiger partial charge on any atom is 0.247 e. The second kappa shape index (κ2) is 8.02. The molecule has 24 heavy (non-hydrogen) atoms. The lowest BCUT2D eigenvalue weighted by molar-refractivity contribution is -0.120. The Bertz CT molecular complexity index is 774. The van der Waals surface area contributed by atoms with Gasteiger partial charge in [-0.1, -0.05) is 18.3 Å². The predicted octanol–water partition coefficient (Wildman–Crippen LogP) is 0.991. The second-order valence-corrected chi connectivity index (χ2v) is 5.68. The number of phenolic OH excluding ortho intramolecular Hbond substituents is 2. The van der Waals surface area contributed by atoms with E-state index in [0.29, 0.717) is 22.1 Å². The number of aromatic hydroxyl groups is 2. The molecule has 1 aromatic heterocycles. The summed E-state index contributed by atoms with van der Waals surface area (Å²) in [5.74, 6) is -0.834. The highest BCUT2D eigenvalue weighted by Gasteiger charge is 2.10. The van der Waals surface area contributed by atoms with Crippen LogP contribution in [0.3, 0.4) is 0 Å². The van der Waals surface area contributed by atoms with Gasteiger partial charge >= 0.3 is 0 Å². The molecule has 0 radical (unpaired) electrons. The van der Waals surface area contributed by atoms with E-state index in [1.807, 2.05) is 0 Å². The van der Waals surface area contributed by atoms with E-state index in [2.05, 4.69) is 26.0 Å². The zero-order chi connectivity index (χ0) is 17.5. The van der Waals surface area contributed by atoms with E-state index in [0.717, 1.165) is 17.4 Å². The maximum absolute atomic E-state index is 11.8. The maximum atomic E-state index is 11.8. The van der Waals surface area contributed by atoms with Crippen LogP contribution in [0.2, 0.25) is 0 Å². The topological polar surface area (TPSA) is 137 Å². The van der Waals surface area contributed by atoms with Crippen LogP contribution in [0.25, 0.3) is 0 Å². The van der Waals surface area contributed by atoms with Gasteiger partial charge < -0.3 is 15.5 Å². The summed E-state index contributed by atoms with van der Waals surface area (Å²) in [4.78, 5) is 23.0. The van der Waals surface area contributed by atoms with Gasteiger partial charge in [0.05, 0.1) is 12.6 Å². The van der Waals surface area contributed by atoms with Crippen LogP contribution in [0.4, 0.5) is 5.13 Å². The number of amides is 2. The Morgan fingerprint density at radius 3 is 2.79 bits per heavy atom. The summed E-state index contributed by atoms with van der Waals surface area (Å²) in [6, 6.07) is 4.00. The molecule has 2 rings (SSSR count). The molecule has 2 amide bonds. The molecule has 4 N–H and O–H groups in total. The zero-order valence-corrected chi connectivity index (χ0v) is 13.5. The Morgan fingerprint density at radius 2 is 2.08 bits per heavy atom. The Morgan fingerprint density at radius 1 is 1.29 bits per heavy atom. The third-order valence-corrected chi connectivity index (χ3v) is 3.59. The van der Waals surface area contributed by atoms with Crippen molar-refractivity contribution in [1.82, 2.24) is 15.6 Å². The van der Waals surface area contributed by atoms with Crippen molar-refractivity contribution in [1.29, 1.82) is 0 Å². The molecule has 0 spiro atoms. The van der Waals surface area contributed by atoms with E-state index < -0.39 is 5.91 Å². The van der Waals surface area contributed by atoms with E-state index >= 15 is 0 Å². The molecule has 0 aliphatic heterocycles. The van der Waals surface area contributed by atoms with Crippen LogP contribution in [0.5, 0.6) is 11.5 Å². The van der Waals surface area contributed by atoms with E-state index in [1.165, 1.54) is 18.3 Å². The lowest BCUT2D eigenvalue weighted by atomic mass is 10.2. The molecule has 0 saturated carbocycles. The summed E-state index contributed by atoms with van der Waals surface area (Å²) in [6.07, 6.45) is 1.53. The summed E-state index contributed by atoms with van der Waals surface area (Å²) < 4.78 is 0. The monoisotopic (exact) mass is 349 g/mol. The fraction of sp³-hybridized carbons (Fsp3) is 0.214. The molecule has 9 nitrogen and oxygen atoms in total. The number of rotatable bonds is 6. The highest BCUT2D eigenvalue weighted by molar-refractivity contribution is 7.15. The number of benzene rings is 1. The highest BCUT2D eigenvalue weighted by Crippen LogP contribution is 2.20. The largest absolute Gasteiger partial charge is 0.508 e. The first-order chi connectivity index (χ1) is 11.5. The van der Waals surface area contributed by atoms with Gasteiger partial charge in [0.25, 0.3) is 0 Å². The van der Waals surface area contributed by atoms with Gasteiger partial charge in [0.2, 0.25) is 16.9 Å². The molecular weight excluding hydrogens is 334 g/mol. The predicted molar refractivity (Wildman–Crippen MR) is 88.0 cm³/mol. The standard InChI is InChI=1S/C14H15N5O4S/c1-2-11(22)16-14-19-18-13(24-14)6-12(23)17-15-7-8-3-4-9(20)5-10(8)21/h3-5,7,20-21H,2,6H2,1H3,(H,17,23)(H,16,19,22)/b15-7-. The van der Waals surface area contributed by atoms with Gasteiger partial charge in [0, 0.05) is 18.1 Å². The average molecular weight is 349 g/mol. The number of aromatic nitrogens is 2. The quantitative estimate of drug-likeness (QED) is 0.453. The average Bonchev–Trinajstić information content (AvgIpc) is 2.96. The molecule has 126 valence electrons. The molecule has 0 fully saturated rings. The van der Waals surface area contributed by atoms with Gasteiger partial charge in [-0.2, -0.15) is 5.10 Å². The number of nitrogens with one attached hydrogen (secondary N) is 2. The van der Waals surface area contributed by atoms with Crippen molar-refractivity contribution in [3.8, 4) is 11.5 Å². The van der Waals surface area contributed by atoms with Crippen LogP contribution in [-0.4, -0.2) is 38.4 Å². The van der Waals surface area contributed by atoms with Crippen LogP contribution >= 0.6 is 11.3 Å². The molecule has 0 aliphatic rings. The number of anilines is 1. The third kappa shape index (κ3) is 5.02. The van der Waals surface area contributed by atoms with Gasteiger partial charge in [0.15, 0.2) is 0 Å². The Hall–Kier alpha value is -3.01. The lowest BCUT2D eigenvalue weighted by Gasteiger charge is -1.99. The number of phenols is 2. The summed E-state index contributed by atoms with van der Waals surface area (Å²) in [6.45, 7) is 1.72. The van der Waals surface area contributed by atoms with Crippen molar-refractivity contribution in [2.24, 2.45) is 5.10 Å². The minimum Gasteiger partial charge on any atom is -0.508 e. The van der Waals surface area contributed by atoms with Crippen molar-refractivity contribution in [3.05, 3.63) is 28.8 Å². The molecule has 0 bridgehead atoms. The van der Waals surface area contributed by atoms with Crippen molar-refractivity contribution >= 4 is 34.5 Å². The number of hydrogen-bond acceptors (Lipinski definition) is 8. The molecule has 1 aromatic carbocycles. The molecule has 0 atom stereocenters. The number of carbonyl (C=O) groups excluding carboxylic acids is 2. The number of carbonyl (C=O) groups is 2. The van der Waals surface area contributed by atoms with Gasteiger partial charge in [0.1, 0.15) is 16.5 Å². The molecule has 10 heteroatoms. The lowest BCUT2D eigenvalue weighted by Crippen LogP contribution is -2.19. The van der Waals surface area contributed by atoms with Crippen LogP contribution < -0.4 is 10.7 Å². The van der Waals surface area contributed by atoms with Crippen LogP contribution in [-0.2, 0) is 16.0 Å². The van der Waals surface area contributed by atoms with Crippen molar-refractivity contribution < 1.29 is 19.8 Å². The van der Waals surface area contributed by atoms with Gasteiger partial charge in [-0.25, -0.2) is 5.43 Å². The molecule has 0 unspecified atom stereocenters. The smallest absolute Gasteiger partial charge is 0.247 e. The molecule has 1 heterocycles. The summed E-state index contributed by atoms with van der Waals surface area (Å²) in [5, 5.41) is 33.4. The minimum absolute atomic E-state index is 0.0431. The second-order valence-electron chi connectivity index (χ2n) is 4.62. The summed E-state index contributed by atoms with van der Waals surface area (Å²) in [5.41, 5.74) is 2.63. The first-order valence-corrected chi connectivity index (χ1v) is 7.75. The Kier molecular flexibility index (Phi) is 5.79. The Labute approximate surface area is 141 Å². The zero-order valence-electron chi connectivity index (χ0n) is 12.7. The first-order valence-electron chi connectivity index (χ1n) is 6.94. The van der Waals surface area contributed by atoms with E-state index in [9.17, 15) is 19.8 Å². The summed E-state index contributed by atoms with van der Waals surface area (Å²) >= 11 is 1.10. The van der Waals surface area contributed by atoms with E-state index in [-0.39, 0.29) is 23.8 Å². The number of nitrogens with zero attached hydrogens (tertiary/aromatic N) is 3. The van der Waals surface area contributed by atoms with Gasteiger partial charge in [-0.05, 0) is 12.1 Å². The van der Waals surface area contributed by atoms with Gasteiger partial charge in [-0.15, -0.1) is 10.2 Å². The molecule has 2 aromatic rings. The SMILES string of the molecule is CCC(=O)Nc1nnc(CC(=O)N/N=C\c2ccc(O)cc2O)s1. The fourth-order valence-corrected chi connectivity index (χ4v) is 2.33. The van der Waals surface area contributed by atoms with Crippen molar-refractivity contribution in [2.45, 2.75) is 19.8 Å². The molecular formula is C14H15N5O4S. The minimum atomic E-state index is -0.422. The van der Waals surface area contributed by atoms with Crippen LogP contribution in [0.15, 0.2) is 23.3 Å². The highest BCUT2D eigenvalue weighted by atomic mass is 32.1. The van der Waals surface area contributed by atoms with E-state index in [1.54, 1.807) is 6.92 Å². The normalized spacial score (nSPS) is 10.7. The fourth-order valence-electron chi connectivity index (χ4n) is 1.58. The van der Waals surface area contributed by atoms with Crippen LogP contribution in [0.1, 0.15) is 23.9 Å². The third-order valence-electron chi connectivity index (χ3n) is 2.75. The summed E-state index contributed by atoms with van der Waals surface area (Å²) in [7, 11) is 0. The van der Waals surface area contributed by atoms with Crippen molar-refractivity contribution in [2.75, 3.05) is 5.32 Å². The van der Waals surface area contributed by atoms with Gasteiger partial charge in [-0.3, -0.25) is 9.59 Å². The first kappa shape index (κ1) is 17.3. The van der Waals surface area contributed by atoms with E-state index in [4.69, 9.17) is 0 Å². The molecule has 0 saturated heterocycles. The van der Waals surface area contributed by atoms with Crippen LogP contribution in [0, 0.1) is 0 Å².